The summed E-state index contributed by atoms with van der Waals surface area (Å²) in [5.41, 5.74) is 2.01. The summed E-state index contributed by atoms with van der Waals surface area (Å²) >= 11 is 0. The summed E-state index contributed by atoms with van der Waals surface area (Å²) in [7, 11) is 0. The maximum Gasteiger partial charge on any atom is 0.303 e. The van der Waals surface area contributed by atoms with Crippen molar-refractivity contribution in [2.24, 2.45) is 5.92 Å². The Morgan fingerprint density at radius 2 is 2.33 bits per heavy atom. The van der Waals surface area contributed by atoms with E-state index in [-0.39, 0.29) is 6.42 Å². The summed E-state index contributed by atoms with van der Waals surface area (Å²) in [6.07, 6.45) is 5.27. The van der Waals surface area contributed by atoms with Crippen molar-refractivity contribution in [1.29, 1.82) is 0 Å². The standard InChI is InChI=1S/C16H21N3O2/c20-15(21)6-3-12-2-1-9-19(10-12)11-14-5-4-13-7-8-17-16(13)18-14/h4-5,7-8,12H,1-3,6,9-11H2,(H,17,18)(H,20,21)/t12-/m1/s1. The lowest BCUT2D eigenvalue weighted by Crippen LogP contribution is -2.35. The van der Waals surface area contributed by atoms with E-state index in [9.17, 15) is 4.79 Å². The Kier molecular flexibility index (Phi) is 4.20. The largest absolute Gasteiger partial charge is 0.481 e. The lowest BCUT2D eigenvalue weighted by Gasteiger charge is -2.32. The molecule has 3 heterocycles. The number of hydrogen-bond acceptors (Lipinski definition) is 3. The molecular weight excluding hydrogens is 266 g/mol. The number of carbonyl (C=O) groups is 1. The summed E-state index contributed by atoms with van der Waals surface area (Å²) in [5, 5.41) is 9.93. The molecule has 0 amide bonds. The monoisotopic (exact) mass is 287 g/mol. The second-order valence-electron chi connectivity index (χ2n) is 5.89. The molecular formula is C16H21N3O2. The molecule has 112 valence electrons. The van der Waals surface area contributed by atoms with Gasteiger partial charge in [-0.15, -0.1) is 0 Å². The Morgan fingerprint density at radius 3 is 3.19 bits per heavy atom. The third-order valence-corrected chi connectivity index (χ3v) is 4.22. The number of rotatable bonds is 5. The fourth-order valence-corrected chi connectivity index (χ4v) is 3.15. The number of carboxylic acids is 1. The molecule has 0 aliphatic carbocycles. The first-order valence-corrected chi connectivity index (χ1v) is 7.58. The number of hydrogen-bond donors (Lipinski definition) is 2. The van der Waals surface area contributed by atoms with Gasteiger partial charge in [-0.3, -0.25) is 9.69 Å². The fraction of sp³-hybridized carbons (Fsp3) is 0.500. The van der Waals surface area contributed by atoms with Gasteiger partial charge in [0, 0.05) is 31.1 Å². The van der Waals surface area contributed by atoms with Crippen LogP contribution in [0.4, 0.5) is 0 Å². The normalized spacial score (nSPS) is 19.9. The number of aromatic nitrogens is 2. The van der Waals surface area contributed by atoms with Crippen LogP contribution >= 0.6 is 0 Å². The Bertz CT molecular complexity index is 623. The minimum Gasteiger partial charge on any atom is -0.481 e. The predicted molar refractivity (Wildman–Crippen MR) is 81.0 cm³/mol. The van der Waals surface area contributed by atoms with Gasteiger partial charge in [-0.2, -0.15) is 0 Å². The van der Waals surface area contributed by atoms with Crippen molar-refractivity contribution in [3.8, 4) is 0 Å². The van der Waals surface area contributed by atoms with E-state index in [1.165, 1.54) is 0 Å². The molecule has 5 heteroatoms. The minimum atomic E-state index is -0.689. The van der Waals surface area contributed by atoms with Crippen LogP contribution in [0.1, 0.15) is 31.4 Å². The van der Waals surface area contributed by atoms with Gasteiger partial charge >= 0.3 is 5.97 Å². The maximum absolute atomic E-state index is 10.7. The highest BCUT2D eigenvalue weighted by molar-refractivity contribution is 5.75. The topological polar surface area (TPSA) is 69.2 Å². The Morgan fingerprint density at radius 1 is 1.43 bits per heavy atom. The van der Waals surface area contributed by atoms with Gasteiger partial charge in [0.2, 0.25) is 0 Å². The number of H-pyrrole nitrogens is 1. The molecule has 2 aromatic rings. The molecule has 1 saturated heterocycles. The molecule has 0 unspecified atom stereocenters. The number of nitrogens with one attached hydrogen (secondary N) is 1. The average molecular weight is 287 g/mol. The van der Waals surface area contributed by atoms with E-state index in [2.05, 4.69) is 27.0 Å². The van der Waals surface area contributed by atoms with Gasteiger partial charge in [0.15, 0.2) is 0 Å². The number of aromatic amines is 1. The molecule has 3 rings (SSSR count). The van der Waals surface area contributed by atoms with E-state index in [4.69, 9.17) is 5.11 Å². The zero-order valence-electron chi connectivity index (χ0n) is 12.1. The van der Waals surface area contributed by atoms with Gasteiger partial charge in [-0.1, -0.05) is 0 Å². The highest BCUT2D eigenvalue weighted by Gasteiger charge is 2.20. The van der Waals surface area contributed by atoms with Crippen molar-refractivity contribution in [3.63, 3.8) is 0 Å². The van der Waals surface area contributed by atoms with Gasteiger partial charge in [0.25, 0.3) is 0 Å². The molecule has 0 spiro atoms. The van der Waals surface area contributed by atoms with Crippen LogP contribution < -0.4 is 0 Å². The number of likely N-dealkylation sites (tertiary alicyclic amines) is 1. The van der Waals surface area contributed by atoms with Crippen molar-refractivity contribution in [2.45, 2.75) is 32.2 Å². The molecule has 1 aliphatic rings. The Hall–Kier alpha value is -1.88. The number of pyridine rings is 1. The third-order valence-electron chi connectivity index (χ3n) is 4.22. The second-order valence-corrected chi connectivity index (χ2v) is 5.89. The lowest BCUT2D eigenvalue weighted by molar-refractivity contribution is -0.137. The molecule has 1 atom stereocenters. The van der Waals surface area contributed by atoms with E-state index in [1.807, 2.05) is 12.3 Å². The second kappa shape index (κ2) is 6.26. The molecule has 2 N–H and O–H groups in total. The first-order valence-electron chi connectivity index (χ1n) is 7.58. The summed E-state index contributed by atoms with van der Waals surface area (Å²) in [5.74, 6) is -0.185. The quantitative estimate of drug-likeness (QED) is 0.887. The molecule has 1 fully saturated rings. The van der Waals surface area contributed by atoms with E-state index >= 15 is 0 Å². The predicted octanol–water partition coefficient (Wildman–Crippen LogP) is 2.64. The van der Waals surface area contributed by atoms with Gasteiger partial charge in [0.1, 0.15) is 5.65 Å². The maximum atomic E-state index is 10.7. The summed E-state index contributed by atoms with van der Waals surface area (Å²) in [6.45, 7) is 2.91. The van der Waals surface area contributed by atoms with Crippen LogP contribution in [-0.2, 0) is 11.3 Å². The number of piperidine rings is 1. The number of aliphatic carboxylic acids is 1. The lowest BCUT2D eigenvalue weighted by atomic mass is 9.93. The number of fused-ring (bicyclic) bond motifs is 1. The van der Waals surface area contributed by atoms with Gasteiger partial charge in [0.05, 0.1) is 5.69 Å². The van der Waals surface area contributed by atoms with Gasteiger partial charge < -0.3 is 10.1 Å². The van der Waals surface area contributed by atoms with Crippen LogP contribution in [0.25, 0.3) is 11.0 Å². The Balaban J connectivity index is 1.59. The van der Waals surface area contributed by atoms with Crippen molar-refractivity contribution >= 4 is 17.0 Å². The molecule has 21 heavy (non-hydrogen) atoms. The number of carboxylic acid groups (broad SMARTS) is 1. The smallest absolute Gasteiger partial charge is 0.303 e. The van der Waals surface area contributed by atoms with Crippen LogP contribution in [0.15, 0.2) is 24.4 Å². The molecule has 1 aliphatic heterocycles. The van der Waals surface area contributed by atoms with E-state index in [0.29, 0.717) is 5.92 Å². The van der Waals surface area contributed by atoms with Gasteiger partial charge in [-0.05, 0) is 49.9 Å². The summed E-state index contributed by atoms with van der Waals surface area (Å²) < 4.78 is 0. The summed E-state index contributed by atoms with van der Waals surface area (Å²) in [4.78, 5) is 20.9. The average Bonchev–Trinajstić information content (AvgIpc) is 2.93. The van der Waals surface area contributed by atoms with E-state index in [1.54, 1.807) is 0 Å². The van der Waals surface area contributed by atoms with Crippen LogP contribution in [0.2, 0.25) is 0 Å². The highest BCUT2D eigenvalue weighted by Crippen LogP contribution is 2.22. The molecule has 0 aromatic carbocycles. The van der Waals surface area contributed by atoms with Gasteiger partial charge in [-0.25, -0.2) is 4.98 Å². The minimum absolute atomic E-state index is 0.283. The molecule has 0 bridgehead atoms. The molecule has 0 radical (unpaired) electrons. The van der Waals surface area contributed by atoms with Crippen molar-refractivity contribution < 1.29 is 9.90 Å². The molecule has 0 saturated carbocycles. The summed E-state index contributed by atoms with van der Waals surface area (Å²) in [6, 6.07) is 6.20. The molecule has 5 nitrogen and oxygen atoms in total. The van der Waals surface area contributed by atoms with Crippen LogP contribution in [0, 0.1) is 5.92 Å². The third kappa shape index (κ3) is 3.61. The first kappa shape index (κ1) is 14.1. The number of nitrogens with zero attached hydrogens (tertiary/aromatic N) is 2. The highest BCUT2D eigenvalue weighted by atomic mass is 16.4. The Labute approximate surface area is 124 Å². The van der Waals surface area contributed by atoms with E-state index in [0.717, 1.165) is 55.6 Å². The zero-order valence-corrected chi connectivity index (χ0v) is 12.1. The van der Waals surface area contributed by atoms with E-state index < -0.39 is 5.97 Å². The van der Waals surface area contributed by atoms with Crippen molar-refractivity contribution in [1.82, 2.24) is 14.9 Å². The zero-order chi connectivity index (χ0) is 14.7. The van der Waals surface area contributed by atoms with Crippen LogP contribution in [-0.4, -0.2) is 39.0 Å². The molecule has 2 aromatic heterocycles. The SMILES string of the molecule is O=C(O)CC[C@H]1CCCN(Cc2ccc3cc[nH]c3n2)C1. The van der Waals surface area contributed by atoms with Crippen molar-refractivity contribution in [3.05, 3.63) is 30.1 Å². The first-order chi connectivity index (χ1) is 10.2. The fourth-order valence-electron chi connectivity index (χ4n) is 3.15. The van der Waals surface area contributed by atoms with Crippen molar-refractivity contribution in [2.75, 3.05) is 13.1 Å². The van der Waals surface area contributed by atoms with Crippen LogP contribution in [0.3, 0.4) is 0 Å². The van der Waals surface area contributed by atoms with Crippen LogP contribution in [0.5, 0.6) is 0 Å².